The highest BCUT2D eigenvalue weighted by Crippen LogP contribution is 2.33. The monoisotopic (exact) mass is 613 g/mol. The van der Waals surface area contributed by atoms with Crippen LogP contribution in [-0.4, -0.2) is 66.9 Å². The molecule has 12 heteroatoms. The smallest absolute Gasteiger partial charge is 0.294 e. The molecule has 45 heavy (non-hydrogen) atoms. The fraction of sp³-hybridized carbons (Fsp3) is 0.212. The lowest BCUT2D eigenvalue weighted by Gasteiger charge is -2.27. The summed E-state index contributed by atoms with van der Waals surface area (Å²) in [6, 6.07) is 27.0. The minimum Gasteiger partial charge on any atom is -0.493 e. The number of ether oxygens (including phenoxy) is 4. The molecule has 0 saturated carbocycles. The fourth-order valence-corrected chi connectivity index (χ4v) is 5.01. The Kier molecular flexibility index (Phi) is 9.95. The molecule has 1 N–H and O–H groups in total. The molecule has 0 spiro atoms. The van der Waals surface area contributed by atoms with E-state index in [4.69, 9.17) is 18.9 Å². The van der Waals surface area contributed by atoms with E-state index in [1.807, 2.05) is 48.5 Å². The number of carbonyl (C=O) groups excluding carboxylic acids is 2. The highest BCUT2D eigenvalue weighted by atomic mass is 16.9. The van der Waals surface area contributed by atoms with E-state index in [2.05, 4.69) is 9.82 Å². The fourth-order valence-electron chi connectivity index (χ4n) is 5.01. The molecule has 0 saturated heterocycles. The average molecular weight is 614 g/mol. The number of nitrogens with one attached hydrogen (secondary N) is 1. The Morgan fingerprint density at radius 2 is 1.67 bits per heavy atom. The Labute approximate surface area is 258 Å². The molecule has 4 aromatic carbocycles. The number of para-hydroxylation sites is 3. The van der Waals surface area contributed by atoms with Gasteiger partial charge in [0, 0.05) is 21.9 Å². The molecule has 0 aliphatic carbocycles. The van der Waals surface area contributed by atoms with Crippen LogP contribution < -0.4 is 14.2 Å². The molecule has 1 atom stereocenters. The first-order valence-corrected chi connectivity index (χ1v) is 14.1. The van der Waals surface area contributed by atoms with Crippen LogP contribution >= 0.6 is 0 Å². The number of fused-ring (bicyclic) bond motifs is 3. The molecular formula is C33H31N3O9. The zero-order valence-electron chi connectivity index (χ0n) is 24.4. The van der Waals surface area contributed by atoms with Crippen molar-refractivity contribution < 1.29 is 38.5 Å². The predicted octanol–water partition coefficient (Wildman–Crippen LogP) is 5.18. The first-order chi connectivity index (χ1) is 22.0. The van der Waals surface area contributed by atoms with Crippen molar-refractivity contribution in [3.05, 3.63) is 112 Å². The summed E-state index contributed by atoms with van der Waals surface area (Å²) in [6.45, 7) is 0.166. The lowest BCUT2D eigenvalue weighted by atomic mass is 10.1. The van der Waals surface area contributed by atoms with E-state index in [-0.39, 0.29) is 38.5 Å². The number of aromatic amines is 1. The number of carbonyl (C=O) groups is 2. The van der Waals surface area contributed by atoms with Crippen molar-refractivity contribution in [1.29, 1.82) is 0 Å². The zero-order valence-corrected chi connectivity index (χ0v) is 24.4. The molecule has 1 amide bonds. The van der Waals surface area contributed by atoms with Gasteiger partial charge in [-0.3, -0.25) is 9.59 Å². The molecule has 232 valence electrons. The molecule has 0 radical (unpaired) electrons. The van der Waals surface area contributed by atoms with Crippen LogP contribution in [0.15, 0.2) is 91.0 Å². The van der Waals surface area contributed by atoms with Gasteiger partial charge in [0.05, 0.1) is 25.7 Å². The molecule has 1 heterocycles. The van der Waals surface area contributed by atoms with Crippen molar-refractivity contribution >= 4 is 34.2 Å². The third-order valence-corrected chi connectivity index (χ3v) is 7.07. The van der Waals surface area contributed by atoms with Crippen LogP contribution in [0.1, 0.15) is 15.9 Å². The van der Waals surface area contributed by atoms with Crippen LogP contribution in [0.25, 0.3) is 21.8 Å². The molecular weight excluding hydrogens is 582 g/mol. The number of hydrogen-bond donors (Lipinski definition) is 1. The summed E-state index contributed by atoms with van der Waals surface area (Å²) in [6.07, 6.45) is -0.834. The first-order valence-electron chi connectivity index (χ1n) is 14.1. The molecule has 5 rings (SSSR count). The van der Waals surface area contributed by atoms with E-state index in [9.17, 15) is 19.7 Å². The van der Waals surface area contributed by atoms with Crippen LogP contribution in [0, 0.1) is 10.1 Å². The van der Waals surface area contributed by atoms with Crippen LogP contribution in [0.4, 0.5) is 0 Å². The molecule has 0 fully saturated rings. The Hall–Kier alpha value is -5.78. The number of nitrogens with zero attached hydrogens (tertiary/aromatic N) is 2. The zero-order chi connectivity index (χ0) is 31.6. The third-order valence-electron chi connectivity index (χ3n) is 7.07. The van der Waals surface area contributed by atoms with Crippen LogP contribution in [0.5, 0.6) is 17.2 Å². The minimum atomic E-state index is -0.895. The number of hydrogen-bond acceptors (Lipinski definition) is 9. The van der Waals surface area contributed by atoms with Crippen molar-refractivity contribution in [3.63, 3.8) is 0 Å². The molecule has 0 bridgehead atoms. The van der Waals surface area contributed by atoms with Gasteiger partial charge in [-0.05, 0) is 48.0 Å². The minimum absolute atomic E-state index is 0.0215. The van der Waals surface area contributed by atoms with Gasteiger partial charge in [0.25, 0.3) is 17.5 Å². The van der Waals surface area contributed by atoms with Crippen molar-refractivity contribution in [2.24, 2.45) is 0 Å². The number of rotatable bonds is 16. The van der Waals surface area contributed by atoms with Gasteiger partial charge in [-0.2, -0.15) is 0 Å². The number of H-pyrrole nitrogens is 1. The maximum atomic E-state index is 13.8. The lowest BCUT2D eigenvalue weighted by molar-refractivity contribution is -0.763. The number of aromatic nitrogens is 1. The Morgan fingerprint density at radius 3 is 2.47 bits per heavy atom. The number of benzene rings is 4. The van der Waals surface area contributed by atoms with E-state index >= 15 is 0 Å². The summed E-state index contributed by atoms with van der Waals surface area (Å²) in [5.74, 6) is 1.23. The molecule has 0 aliphatic heterocycles. The van der Waals surface area contributed by atoms with Gasteiger partial charge in [-0.25, -0.2) is 0 Å². The van der Waals surface area contributed by atoms with E-state index in [1.54, 1.807) is 36.4 Å². The normalized spacial score (nSPS) is 11.5. The Balaban J connectivity index is 1.36. The molecule has 12 nitrogen and oxygen atoms in total. The predicted molar refractivity (Wildman–Crippen MR) is 165 cm³/mol. The second-order valence-electron chi connectivity index (χ2n) is 9.96. The van der Waals surface area contributed by atoms with Gasteiger partial charge in [0.1, 0.15) is 25.6 Å². The highest BCUT2D eigenvalue weighted by Gasteiger charge is 2.23. The van der Waals surface area contributed by atoms with Crippen LogP contribution in [0.3, 0.4) is 0 Å². The molecule has 5 aromatic rings. The summed E-state index contributed by atoms with van der Waals surface area (Å²) >= 11 is 0. The highest BCUT2D eigenvalue weighted by molar-refractivity contribution is 6.10. The van der Waals surface area contributed by atoms with Crippen molar-refractivity contribution in [3.8, 4) is 17.2 Å². The van der Waals surface area contributed by atoms with Gasteiger partial charge >= 0.3 is 0 Å². The summed E-state index contributed by atoms with van der Waals surface area (Å²) in [5.41, 5.74) is 2.57. The topological polar surface area (TPSA) is 142 Å². The summed E-state index contributed by atoms with van der Waals surface area (Å²) < 4.78 is 22.9. The Bertz CT molecular complexity index is 1790. The summed E-state index contributed by atoms with van der Waals surface area (Å²) in [4.78, 5) is 45.3. The van der Waals surface area contributed by atoms with Gasteiger partial charge < -0.3 is 33.7 Å². The standard InChI is InChI=1S/C33H31N3O9/c1-41-29-13-4-5-14-30(29)42-17-16-35(33(38)24-9-6-8-23(18-24)20-45-36(39)40)19-25(44-22-37)21-43-31-15-7-12-28-32(31)26-10-2-3-11-27(26)34-28/h2-15,18,22,25,34H,16-17,19-21H2,1H3. The maximum Gasteiger partial charge on any atom is 0.294 e. The Morgan fingerprint density at radius 1 is 0.933 bits per heavy atom. The summed E-state index contributed by atoms with van der Waals surface area (Å²) in [7, 11) is 1.53. The summed E-state index contributed by atoms with van der Waals surface area (Å²) in [5, 5.41) is 11.7. The average Bonchev–Trinajstić information content (AvgIpc) is 3.45. The molecule has 1 unspecified atom stereocenters. The maximum absolute atomic E-state index is 13.8. The van der Waals surface area contributed by atoms with E-state index in [1.165, 1.54) is 18.1 Å². The molecule has 1 aromatic heterocycles. The van der Waals surface area contributed by atoms with Gasteiger partial charge in [0.15, 0.2) is 17.6 Å². The van der Waals surface area contributed by atoms with E-state index in [0.717, 1.165) is 21.8 Å². The SMILES string of the molecule is COc1ccccc1OCCN(CC(COc1cccc2[nH]c3ccccc3c12)OC=O)C(=O)c1cccc(CO[N+](=O)[O-])c1. The van der Waals surface area contributed by atoms with Crippen LogP contribution in [-0.2, 0) is 21.0 Å². The lowest BCUT2D eigenvalue weighted by Crippen LogP contribution is -2.43. The number of amides is 1. The number of methoxy groups -OCH3 is 1. The van der Waals surface area contributed by atoms with Crippen molar-refractivity contribution in [1.82, 2.24) is 9.88 Å². The van der Waals surface area contributed by atoms with Crippen LogP contribution in [0.2, 0.25) is 0 Å². The van der Waals surface area contributed by atoms with Gasteiger partial charge in [-0.15, -0.1) is 10.1 Å². The van der Waals surface area contributed by atoms with Gasteiger partial charge in [0.2, 0.25) is 0 Å². The van der Waals surface area contributed by atoms with Gasteiger partial charge in [-0.1, -0.05) is 48.5 Å². The van der Waals surface area contributed by atoms with E-state index in [0.29, 0.717) is 29.3 Å². The quantitative estimate of drug-likeness (QED) is 0.0905. The first kappa shape index (κ1) is 30.7. The molecule has 0 aliphatic rings. The second kappa shape index (κ2) is 14.6. The van der Waals surface area contributed by atoms with Crippen molar-refractivity contribution in [2.45, 2.75) is 12.7 Å². The third kappa shape index (κ3) is 7.60. The second-order valence-corrected chi connectivity index (χ2v) is 9.96. The largest absolute Gasteiger partial charge is 0.493 e. The van der Waals surface area contributed by atoms with Crippen molar-refractivity contribution in [2.75, 3.05) is 33.4 Å². The van der Waals surface area contributed by atoms with E-state index < -0.39 is 17.1 Å².